The standard InChI is InChI=1S/C17H17ClN2O3S/c1-11-9-13-10-12(7-8-16(13)20(11)24(2,22)23)17(21)19-15-6-4-3-5-14(15)18/h3-8,10-11H,9H2,1-2H3,(H,19,21)/t11-/m0/s1. The first-order valence-electron chi connectivity index (χ1n) is 7.45. The maximum atomic E-state index is 12.4. The Balaban J connectivity index is 1.89. The van der Waals surface area contributed by atoms with Crippen molar-refractivity contribution in [3.05, 3.63) is 58.6 Å². The van der Waals surface area contributed by atoms with Crippen molar-refractivity contribution in [2.45, 2.75) is 19.4 Å². The Morgan fingerprint density at radius 1 is 1.25 bits per heavy atom. The number of rotatable bonds is 3. The summed E-state index contributed by atoms with van der Waals surface area (Å²) in [5, 5.41) is 3.23. The Labute approximate surface area is 146 Å². The molecule has 126 valence electrons. The second-order valence-electron chi connectivity index (χ2n) is 5.89. The van der Waals surface area contributed by atoms with E-state index in [2.05, 4.69) is 5.32 Å². The van der Waals surface area contributed by atoms with Crippen molar-refractivity contribution in [3.8, 4) is 0 Å². The third kappa shape index (κ3) is 3.12. The Morgan fingerprint density at radius 3 is 2.62 bits per heavy atom. The van der Waals surface area contributed by atoms with Crippen molar-refractivity contribution >= 4 is 38.9 Å². The largest absolute Gasteiger partial charge is 0.321 e. The molecule has 3 rings (SSSR count). The van der Waals surface area contributed by atoms with E-state index in [1.54, 1.807) is 42.5 Å². The van der Waals surface area contributed by atoms with Crippen molar-refractivity contribution in [3.63, 3.8) is 0 Å². The Morgan fingerprint density at radius 2 is 1.96 bits per heavy atom. The van der Waals surface area contributed by atoms with Gasteiger partial charge in [-0.05, 0) is 49.2 Å². The minimum Gasteiger partial charge on any atom is -0.321 e. The summed E-state index contributed by atoms with van der Waals surface area (Å²) in [6.07, 6.45) is 1.77. The summed E-state index contributed by atoms with van der Waals surface area (Å²) in [6.45, 7) is 1.85. The smallest absolute Gasteiger partial charge is 0.255 e. The van der Waals surface area contributed by atoms with Gasteiger partial charge in [0, 0.05) is 11.6 Å². The summed E-state index contributed by atoms with van der Waals surface area (Å²) in [5.74, 6) is -0.281. The highest BCUT2D eigenvalue weighted by atomic mass is 35.5. The van der Waals surface area contributed by atoms with E-state index in [4.69, 9.17) is 11.6 Å². The van der Waals surface area contributed by atoms with Crippen LogP contribution in [0.2, 0.25) is 5.02 Å². The lowest BCUT2D eigenvalue weighted by molar-refractivity contribution is 0.102. The molecule has 5 nitrogen and oxygen atoms in total. The highest BCUT2D eigenvalue weighted by molar-refractivity contribution is 7.92. The molecule has 1 aliphatic heterocycles. The predicted molar refractivity (Wildman–Crippen MR) is 96.3 cm³/mol. The number of nitrogens with zero attached hydrogens (tertiary/aromatic N) is 1. The molecule has 7 heteroatoms. The molecule has 1 N–H and O–H groups in total. The van der Waals surface area contributed by atoms with Gasteiger partial charge in [0.1, 0.15) is 0 Å². The van der Waals surface area contributed by atoms with Crippen LogP contribution in [-0.2, 0) is 16.4 Å². The molecule has 0 aliphatic carbocycles. The van der Waals surface area contributed by atoms with Crippen LogP contribution in [0.1, 0.15) is 22.8 Å². The lowest BCUT2D eigenvalue weighted by Gasteiger charge is -2.21. The van der Waals surface area contributed by atoms with Crippen LogP contribution in [0.5, 0.6) is 0 Å². The van der Waals surface area contributed by atoms with Gasteiger partial charge in [-0.3, -0.25) is 9.10 Å². The minimum absolute atomic E-state index is 0.156. The first-order chi connectivity index (χ1) is 11.3. The van der Waals surface area contributed by atoms with Gasteiger partial charge < -0.3 is 5.32 Å². The number of para-hydroxylation sites is 1. The Kier molecular flexibility index (Phi) is 4.27. The van der Waals surface area contributed by atoms with Gasteiger partial charge in [0.15, 0.2) is 0 Å². The van der Waals surface area contributed by atoms with Crippen molar-refractivity contribution in [1.82, 2.24) is 0 Å². The van der Waals surface area contributed by atoms with Crippen LogP contribution in [0.3, 0.4) is 0 Å². The third-order valence-electron chi connectivity index (χ3n) is 3.97. The molecule has 0 radical (unpaired) electrons. The van der Waals surface area contributed by atoms with Crippen LogP contribution in [0.15, 0.2) is 42.5 Å². The zero-order valence-electron chi connectivity index (χ0n) is 13.3. The number of carbonyl (C=O) groups excluding carboxylic acids is 1. The maximum absolute atomic E-state index is 12.4. The number of carbonyl (C=O) groups is 1. The number of amides is 1. The molecule has 2 aromatic rings. The zero-order valence-corrected chi connectivity index (χ0v) is 14.9. The molecule has 0 unspecified atom stereocenters. The van der Waals surface area contributed by atoms with Gasteiger partial charge in [-0.1, -0.05) is 23.7 Å². The van der Waals surface area contributed by atoms with E-state index in [1.807, 2.05) is 6.92 Å². The van der Waals surface area contributed by atoms with Gasteiger partial charge in [-0.2, -0.15) is 0 Å². The number of nitrogens with one attached hydrogen (secondary N) is 1. The number of fused-ring (bicyclic) bond motifs is 1. The normalized spacial score (nSPS) is 16.8. The van der Waals surface area contributed by atoms with E-state index in [9.17, 15) is 13.2 Å². The van der Waals surface area contributed by atoms with E-state index in [0.717, 1.165) is 5.56 Å². The number of sulfonamides is 1. The van der Waals surface area contributed by atoms with E-state index in [-0.39, 0.29) is 11.9 Å². The highest BCUT2D eigenvalue weighted by Crippen LogP contribution is 2.35. The number of halogens is 1. The fraction of sp³-hybridized carbons (Fsp3) is 0.235. The summed E-state index contributed by atoms with van der Waals surface area (Å²) >= 11 is 6.05. The Hall–Kier alpha value is -2.05. The van der Waals surface area contributed by atoms with Gasteiger partial charge in [0.25, 0.3) is 5.91 Å². The quantitative estimate of drug-likeness (QED) is 0.908. The van der Waals surface area contributed by atoms with E-state index in [1.165, 1.54) is 10.6 Å². The van der Waals surface area contributed by atoms with Crippen molar-refractivity contribution in [1.29, 1.82) is 0 Å². The number of hydrogen-bond donors (Lipinski definition) is 1. The molecule has 0 aromatic heterocycles. The molecule has 2 aromatic carbocycles. The molecule has 0 bridgehead atoms. The molecular weight excluding hydrogens is 348 g/mol. The first kappa shape index (κ1) is 16.8. The molecule has 0 saturated heterocycles. The average Bonchev–Trinajstić information content (AvgIpc) is 2.84. The summed E-state index contributed by atoms with van der Waals surface area (Å²) < 4.78 is 25.3. The second-order valence-corrected chi connectivity index (χ2v) is 8.16. The van der Waals surface area contributed by atoms with Crippen molar-refractivity contribution in [2.75, 3.05) is 15.9 Å². The van der Waals surface area contributed by atoms with Crippen molar-refractivity contribution < 1.29 is 13.2 Å². The predicted octanol–water partition coefficient (Wildman–Crippen LogP) is 3.30. The molecule has 0 fully saturated rings. The molecule has 1 aliphatic rings. The molecule has 24 heavy (non-hydrogen) atoms. The molecule has 0 saturated carbocycles. The molecule has 0 spiro atoms. The fourth-order valence-corrected chi connectivity index (χ4v) is 4.45. The van der Waals surface area contributed by atoms with E-state index in [0.29, 0.717) is 28.4 Å². The number of hydrogen-bond acceptors (Lipinski definition) is 3. The summed E-state index contributed by atoms with van der Waals surface area (Å²) in [7, 11) is -3.34. The minimum atomic E-state index is -3.34. The lowest BCUT2D eigenvalue weighted by Crippen LogP contribution is -2.34. The molecule has 1 atom stereocenters. The number of benzene rings is 2. The van der Waals surface area contributed by atoms with Gasteiger partial charge in [0.2, 0.25) is 10.0 Å². The maximum Gasteiger partial charge on any atom is 0.255 e. The van der Waals surface area contributed by atoms with Gasteiger partial charge in [0.05, 0.1) is 22.7 Å². The van der Waals surface area contributed by atoms with Crippen LogP contribution < -0.4 is 9.62 Å². The van der Waals surface area contributed by atoms with E-state index >= 15 is 0 Å². The summed E-state index contributed by atoms with van der Waals surface area (Å²) in [6, 6.07) is 11.9. The molecular formula is C17H17ClN2O3S. The monoisotopic (exact) mass is 364 g/mol. The van der Waals surface area contributed by atoms with Crippen molar-refractivity contribution in [2.24, 2.45) is 0 Å². The first-order valence-corrected chi connectivity index (χ1v) is 9.68. The summed E-state index contributed by atoms with van der Waals surface area (Å²) in [4.78, 5) is 12.4. The van der Waals surface area contributed by atoms with Crippen LogP contribution in [0.4, 0.5) is 11.4 Å². The van der Waals surface area contributed by atoms with Crippen LogP contribution in [0, 0.1) is 0 Å². The molecule has 1 heterocycles. The molecule has 1 amide bonds. The van der Waals surface area contributed by atoms with E-state index < -0.39 is 10.0 Å². The Bertz CT molecular complexity index is 912. The fourth-order valence-electron chi connectivity index (χ4n) is 3.01. The van der Waals surface area contributed by atoms with Gasteiger partial charge in [-0.25, -0.2) is 8.42 Å². The van der Waals surface area contributed by atoms with Gasteiger partial charge >= 0.3 is 0 Å². The van der Waals surface area contributed by atoms with Crippen LogP contribution in [0.25, 0.3) is 0 Å². The SMILES string of the molecule is C[C@H]1Cc2cc(C(=O)Nc3ccccc3Cl)ccc2N1S(C)(=O)=O. The van der Waals surface area contributed by atoms with Gasteiger partial charge in [-0.15, -0.1) is 0 Å². The second kappa shape index (κ2) is 6.11. The zero-order chi connectivity index (χ0) is 17.5. The average molecular weight is 365 g/mol. The van der Waals surface area contributed by atoms with Crippen LogP contribution >= 0.6 is 11.6 Å². The lowest BCUT2D eigenvalue weighted by atomic mass is 10.1. The van der Waals surface area contributed by atoms with Crippen LogP contribution in [-0.4, -0.2) is 26.6 Å². The third-order valence-corrected chi connectivity index (χ3v) is 5.57. The topological polar surface area (TPSA) is 66.5 Å². The highest BCUT2D eigenvalue weighted by Gasteiger charge is 2.32. The summed E-state index contributed by atoms with van der Waals surface area (Å²) in [5.41, 5.74) is 2.49. The number of anilines is 2.